The van der Waals surface area contributed by atoms with E-state index in [9.17, 15) is 18.0 Å². The summed E-state index contributed by atoms with van der Waals surface area (Å²) in [6, 6.07) is 7.81. The van der Waals surface area contributed by atoms with Crippen LogP contribution in [0.25, 0.3) is 0 Å². The minimum atomic E-state index is -4.63. The maximum Gasteiger partial charge on any atom is 0.417 e. The molecule has 1 aliphatic heterocycles. The number of aromatic nitrogens is 1. The van der Waals surface area contributed by atoms with E-state index in [1.807, 2.05) is 0 Å². The summed E-state index contributed by atoms with van der Waals surface area (Å²) in [4.78, 5) is 16.7. The molecule has 0 atom stereocenters. The van der Waals surface area contributed by atoms with Crippen molar-refractivity contribution in [1.29, 1.82) is 0 Å². The normalized spacial score (nSPS) is 15.2. The average molecular weight is 384 g/mol. The first-order valence-electron chi connectivity index (χ1n) is 8.19. The van der Waals surface area contributed by atoms with Gasteiger partial charge >= 0.3 is 6.18 Å². The summed E-state index contributed by atoms with van der Waals surface area (Å²) in [7, 11) is 0. The highest BCUT2D eigenvalue weighted by molar-refractivity contribution is 6.31. The van der Waals surface area contributed by atoms with Crippen LogP contribution in [0.1, 0.15) is 34.3 Å². The number of pyridine rings is 1. The van der Waals surface area contributed by atoms with Crippen molar-refractivity contribution in [3.8, 4) is 0 Å². The van der Waals surface area contributed by atoms with Gasteiger partial charge in [-0.1, -0.05) is 29.8 Å². The predicted molar refractivity (Wildman–Crippen MR) is 91.4 cm³/mol. The molecule has 4 nitrogen and oxygen atoms in total. The van der Waals surface area contributed by atoms with Gasteiger partial charge in [-0.2, -0.15) is 13.2 Å². The largest absolute Gasteiger partial charge is 0.417 e. The van der Waals surface area contributed by atoms with E-state index < -0.39 is 23.2 Å². The van der Waals surface area contributed by atoms with Crippen LogP contribution in [0.15, 0.2) is 42.7 Å². The highest BCUT2D eigenvalue weighted by atomic mass is 35.5. The minimum Gasteiger partial charge on any atom is -0.268 e. The van der Waals surface area contributed by atoms with Crippen molar-refractivity contribution < 1.29 is 18.0 Å². The number of halogens is 4. The molecule has 0 saturated carbocycles. The number of rotatable bonds is 4. The molecule has 1 amide bonds. The Morgan fingerprint density at radius 2 is 1.88 bits per heavy atom. The number of hydrogen-bond donors (Lipinski definition) is 0. The van der Waals surface area contributed by atoms with Gasteiger partial charge in [0.05, 0.1) is 17.7 Å². The first-order valence-corrected chi connectivity index (χ1v) is 8.57. The van der Waals surface area contributed by atoms with Crippen molar-refractivity contribution in [3.63, 3.8) is 0 Å². The summed E-state index contributed by atoms with van der Waals surface area (Å²) in [5, 5.41) is 3.59. The van der Waals surface area contributed by atoms with E-state index in [4.69, 9.17) is 11.6 Å². The Balaban J connectivity index is 1.97. The third kappa shape index (κ3) is 3.99. The first kappa shape index (κ1) is 18.7. The number of hydrogen-bond acceptors (Lipinski definition) is 3. The Morgan fingerprint density at radius 3 is 2.54 bits per heavy atom. The van der Waals surface area contributed by atoms with Crippen LogP contribution in [0.5, 0.6) is 0 Å². The van der Waals surface area contributed by atoms with Crippen LogP contribution in [0.2, 0.25) is 5.02 Å². The van der Waals surface area contributed by atoms with Crippen LogP contribution in [-0.2, 0) is 12.7 Å². The molecule has 0 radical (unpaired) electrons. The summed E-state index contributed by atoms with van der Waals surface area (Å²) in [5.41, 5.74) is -0.772. The molecule has 2 aromatic rings. The highest BCUT2D eigenvalue weighted by Crippen LogP contribution is 2.33. The highest BCUT2D eigenvalue weighted by Gasteiger charge is 2.37. The van der Waals surface area contributed by atoms with Gasteiger partial charge in [-0.15, -0.1) is 0 Å². The van der Waals surface area contributed by atoms with Gasteiger partial charge < -0.3 is 0 Å². The molecular weight excluding hydrogens is 367 g/mol. The molecule has 1 aromatic heterocycles. The SMILES string of the molecule is O=C(c1cnccc1C(F)(F)F)N(Cc1ccccc1Cl)N1CCCC1. The second kappa shape index (κ2) is 7.63. The zero-order chi connectivity index (χ0) is 18.7. The molecule has 0 unspecified atom stereocenters. The fourth-order valence-corrected chi connectivity index (χ4v) is 3.18. The number of benzene rings is 1. The fourth-order valence-electron chi connectivity index (χ4n) is 2.98. The second-order valence-electron chi connectivity index (χ2n) is 6.03. The van der Waals surface area contributed by atoms with Crippen molar-refractivity contribution in [2.75, 3.05) is 13.1 Å². The van der Waals surface area contributed by atoms with Crippen LogP contribution >= 0.6 is 11.6 Å². The number of hydrazine groups is 1. The molecule has 0 spiro atoms. The molecule has 0 bridgehead atoms. The van der Waals surface area contributed by atoms with E-state index in [1.54, 1.807) is 29.3 Å². The lowest BCUT2D eigenvalue weighted by atomic mass is 10.1. The predicted octanol–water partition coefficient (Wildman–Crippen LogP) is 4.41. The maximum atomic E-state index is 13.3. The van der Waals surface area contributed by atoms with Gasteiger partial charge in [0.25, 0.3) is 5.91 Å². The lowest BCUT2D eigenvalue weighted by Crippen LogP contribution is -2.45. The molecule has 1 aromatic carbocycles. The smallest absolute Gasteiger partial charge is 0.268 e. The topological polar surface area (TPSA) is 36.4 Å². The summed E-state index contributed by atoms with van der Waals surface area (Å²) < 4.78 is 39.9. The Bertz CT molecular complexity index is 791. The number of carbonyl (C=O) groups is 1. The minimum absolute atomic E-state index is 0.102. The van der Waals surface area contributed by atoms with Crippen molar-refractivity contribution in [2.24, 2.45) is 0 Å². The van der Waals surface area contributed by atoms with E-state index >= 15 is 0 Å². The van der Waals surface area contributed by atoms with E-state index in [1.165, 1.54) is 5.01 Å². The van der Waals surface area contributed by atoms with E-state index in [-0.39, 0.29) is 6.54 Å². The zero-order valence-electron chi connectivity index (χ0n) is 13.8. The number of nitrogens with zero attached hydrogens (tertiary/aromatic N) is 3. The standard InChI is InChI=1S/C18H17ClF3N3O/c19-16-6-2-1-5-13(16)12-25(24-9-3-4-10-24)17(26)14-11-23-8-7-15(14)18(20,21)22/h1-2,5-8,11H,3-4,9-10,12H2. The lowest BCUT2D eigenvalue weighted by molar-refractivity contribution is -0.138. The quantitative estimate of drug-likeness (QED) is 0.784. The Morgan fingerprint density at radius 1 is 1.19 bits per heavy atom. The Kier molecular flexibility index (Phi) is 5.48. The molecule has 1 fully saturated rings. The number of alkyl halides is 3. The van der Waals surface area contributed by atoms with Gasteiger partial charge in [0.1, 0.15) is 0 Å². The summed E-state index contributed by atoms with van der Waals surface area (Å²) in [6.07, 6.45) is -0.860. The third-order valence-electron chi connectivity index (χ3n) is 4.29. The van der Waals surface area contributed by atoms with E-state index in [0.717, 1.165) is 31.3 Å². The summed E-state index contributed by atoms with van der Waals surface area (Å²) in [5.74, 6) is -0.729. The van der Waals surface area contributed by atoms with Crippen molar-refractivity contribution in [3.05, 3.63) is 64.4 Å². The first-order chi connectivity index (χ1) is 12.4. The van der Waals surface area contributed by atoms with Crippen molar-refractivity contribution >= 4 is 17.5 Å². The zero-order valence-corrected chi connectivity index (χ0v) is 14.6. The molecule has 1 aliphatic rings. The van der Waals surface area contributed by atoms with Gasteiger partial charge in [-0.3, -0.25) is 14.8 Å². The molecule has 0 N–H and O–H groups in total. The van der Waals surface area contributed by atoms with Crippen LogP contribution < -0.4 is 0 Å². The monoisotopic (exact) mass is 383 g/mol. The second-order valence-corrected chi connectivity index (χ2v) is 6.44. The van der Waals surface area contributed by atoms with E-state index in [2.05, 4.69) is 4.98 Å². The molecule has 8 heteroatoms. The third-order valence-corrected chi connectivity index (χ3v) is 4.66. The summed E-state index contributed by atoms with van der Waals surface area (Å²) >= 11 is 6.18. The van der Waals surface area contributed by atoms with Crippen LogP contribution in [0.4, 0.5) is 13.2 Å². The van der Waals surface area contributed by atoms with Crippen molar-refractivity contribution in [2.45, 2.75) is 25.6 Å². The van der Waals surface area contributed by atoms with Gasteiger partial charge in [0.2, 0.25) is 0 Å². The Hall–Kier alpha value is -2.12. The van der Waals surface area contributed by atoms with Gasteiger partial charge in [0, 0.05) is 30.5 Å². The lowest BCUT2D eigenvalue weighted by Gasteiger charge is -2.32. The van der Waals surface area contributed by atoms with Crippen LogP contribution in [0.3, 0.4) is 0 Å². The molecule has 2 heterocycles. The van der Waals surface area contributed by atoms with Gasteiger partial charge in [-0.05, 0) is 30.5 Å². The van der Waals surface area contributed by atoms with E-state index in [0.29, 0.717) is 23.7 Å². The van der Waals surface area contributed by atoms with Gasteiger partial charge in [0.15, 0.2) is 0 Å². The Labute approximate surface area is 154 Å². The number of amides is 1. The van der Waals surface area contributed by atoms with Gasteiger partial charge in [-0.25, -0.2) is 5.01 Å². The molecule has 26 heavy (non-hydrogen) atoms. The van der Waals surface area contributed by atoms with Crippen LogP contribution in [-0.4, -0.2) is 34.0 Å². The average Bonchev–Trinajstić information content (AvgIpc) is 3.14. The van der Waals surface area contributed by atoms with Crippen LogP contribution in [0, 0.1) is 0 Å². The molecule has 1 saturated heterocycles. The summed E-state index contributed by atoms with van der Waals surface area (Å²) in [6.45, 7) is 1.32. The molecule has 138 valence electrons. The molecule has 0 aliphatic carbocycles. The van der Waals surface area contributed by atoms with Crippen molar-refractivity contribution in [1.82, 2.24) is 15.0 Å². The maximum absolute atomic E-state index is 13.3. The number of carbonyl (C=O) groups excluding carboxylic acids is 1. The molecular formula is C18H17ClF3N3O. The molecule has 3 rings (SSSR count). The fraction of sp³-hybridized carbons (Fsp3) is 0.333.